The van der Waals surface area contributed by atoms with Crippen LogP contribution in [0, 0.1) is 6.92 Å². The van der Waals surface area contributed by atoms with Gasteiger partial charge in [-0.3, -0.25) is 19.8 Å². The number of thioether (sulfide) groups is 1. The molecule has 1 saturated heterocycles. The number of hydrogen-bond acceptors (Lipinski definition) is 6. The highest BCUT2D eigenvalue weighted by Gasteiger charge is 2.33. The van der Waals surface area contributed by atoms with Gasteiger partial charge in [0.25, 0.3) is 17.7 Å². The molecule has 1 heterocycles. The number of ether oxygens (including phenoxy) is 1. The lowest BCUT2D eigenvalue weighted by atomic mass is 10.1. The minimum absolute atomic E-state index is 0.0274. The predicted molar refractivity (Wildman–Crippen MR) is 134 cm³/mol. The zero-order valence-electron chi connectivity index (χ0n) is 18.7. The molecule has 0 radical (unpaired) electrons. The van der Waals surface area contributed by atoms with E-state index in [1.165, 1.54) is 0 Å². The van der Waals surface area contributed by atoms with Gasteiger partial charge in [0, 0.05) is 18.7 Å². The van der Waals surface area contributed by atoms with E-state index in [2.05, 4.69) is 5.43 Å². The Morgan fingerprint density at radius 1 is 1.09 bits per heavy atom. The number of thiocarbonyl (C=S) groups is 1. The van der Waals surface area contributed by atoms with E-state index < -0.39 is 11.8 Å². The number of likely N-dealkylation sites (N-methyl/N-ethyl adjacent to an activating group) is 1. The highest BCUT2D eigenvalue weighted by Crippen LogP contribution is 2.31. The maximum atomic E-state index is 12.8. The van der Waals surface area contributed by atoms with Crippen LogP contribution in [0.4, 0.5) is 0 Å². The number of benzene rings is 2. The summed E-state index contributed by atoms with van der Waals surface area (Å²) >= 11 is 6.39. The van der Waals surface area contributed by atoms with Crippen LogP contribution >= 0.6 is 24.0 Å². The van der Waals surface area contributed by atoms with Crippen LogP contribution in [0.25, 0.3) is 6.08 Å². The van der Waals surface area contributed by atoms with Crippen molar-refractivity contribution in [2.45, 2.75) is 20.8 Å². The van der Waals surface area contributed by atoms with Crippen molar-refractivity contribution in [3.05, 3.63) is 70.1 Å². The fraction of sp³-hybridized carbons (Fsp3) is 0.250. The Labute approximate surface area is 202 Å². The predicted octanol–water partition coefficient (Wildman–Crippen LogP) is 3.79. The van der Waals surface area contributed by atoms with E-state index in [4.69, 9.17) is 17.0 Å². The van der Waals surface area contributed by atoms with Crippen molar-refractivity contribution in [1.82, 2.24) is 15.3 Å². The first-order valence-corrected chi connectivity index (χ1v) is 11.7. The third-order valence-corrected chi connectivity index (χ3v) is 6.28. The molecule has 1 aliphatic rings. The van der Waals surface area contributed by atoms with E-state index in [0.717, 1.165) is 27.9 Å². The molecule has 1 N–H and O–H groups in total. The SMILES string of the molecule is CCN(CC)C(=O)COc1ccc(/C=C2/SC(=S)N(NC(=O)c3ccc(C)cc3)C2=O)cc1. The van der Waals surface area contributed by atoms with Crippen LogP contribution in [0.5, 0.6) is 5.75 Å². The van der Waals surface area contributed by atoms with Crippen LogP contribution in [0.2, 0.25) is 0 Å². The smallest absolute Gasteiger partial charge is 0.285 e. The first-order valence-electron chi connectivity index (χ1n) is 10.5. The van der Waals surface area contributed by atoms with Crippen LogP contribution in [-0.2, 0) is 9.59 Å². The van der Waals surface area contributed by atoms with Gasteiger partial charge in [0.05, 0.1) is 4.91 Å². The van der Waals surface area contributed by atoms with Gasteiger partial charge in [0.2, 0.25) is 0 Å². The van der Waals surface area contributed by atoms with Gasteiger partial charge in [-0.1, -0.05) is 41.6 Å². The van der Waals surface area contributed by atoms with Crippen LogP contribution in [0.3, 0.4) is 0 Å². The Morgan fingerprint density at radius 3 is 2.33 bits per heavy atom. The van der Waals surface area contributed by atoms with E-state index >= 15 is 0 Å². The van der Waals surface area contributed by atoms with E-state index in [1.54, 1.807) is 47.4 Å². The quantitative estimate of drug-likeness (QED) is 0.455. The molecule has 1 aliphatic heterocycles. The summed E-state index contributed by atoms with van der Waals surface area (Å²) in [4.78, 5) is 39.4. The Hall–Kier alpha value is -3.17. The third kappa shape index (κ3) is 6.21. The van der Waals surface area contributed by atoms with Gasteiger partial charge in [0.1, 0.15) is 5.75 Å². The van der Waals surface area contributed by atoms with Crippen LogP contribution < -0.4 is 10.2 Å². The molecule has 3 amide bonds. The van der Waals surface area contributed by atoms with Crippen molar-refractivity contribution < 1.29 is 19.1 Å². The summed E-state index contributed by atoms with van der Waals surface area (Å²) < 4.78 is 5.82. The van der Waals surface area contributed by atoms with Crippen molar-refractivity contribution in [2.24, 2.45) is 0 Å². The Bertz CT molecular complexity index is 1080. The second-order valence-corrected chi connectivity index (χ2v) is 8.92. The van der Waals surface area contributed by atoms with Gasteiger partial charge in [-0.25, -0.2) is 0 Å². The molecule has 7 nitrogen and oxygen atoms in total. The van der Waals surface area contributed by atoms with Crippen molar-refractivity contribution in [2.75, 3.05) is 19.7 Å². The number of nitrogens with one attached hydrogen (secondary N) is 1. The van der Waals surface area contributed by atoms with E-state index in [-0.39, 0.29) is 16.8 Å². The minimum atomic E-state index is -0.409. The average Bonchev–Trinajstić information content (AvgIpc) is 3.07. The molecular formula is C24H25N3O4S2. The highest BCUT2D eigenvalue weighted by atomic mass is 32.2. The summed E-state index contributed by atoms with van der Waals surface area (Å²) in [5, 5.41) is 1.09. The van der Waals surface area contributed by atoms with E-state index in [1.807, 2.05) is 32.9 Å². The number of carbonyl (C=O) groups is 3. The molecule has 0 atom stereocenters. The molecule has 2 aromatic carbocycles. The van der Waals surface area contributed by atoms with Crippen molar-refractivity contribution in [3.8, 4) is 5.75 Å². The Balaban J connectivity index is 1.62. The molecule has 1 fully saturated rings. The van der Waals surface area contributed by atoms with Gasteiger partial charge >= 0.3 is 0 Å². The number of nitrogens with zero attached hydrogens (tertiary/aromatic N) is 2. The molecule has 0 saturated carbocycles. The molecule has 0 unspecified atom stereocenters. The largest absolute Gasteiger partial charge is 0.484 e. The standard InChI is InChI=1S/C24H25N3O4S2/c1-4-26(5-2)21(28)15-31-19-12-8-17(9-13-19)14-20-23(30)27(24(32)33-20)25-22(29)18-10-6-16(3)7-11-18/h6-14H,4-5,15H2,1-3H3,(H,25,29)/b20-14+. The minimum Gasteiger partial charge on any atom is -0.484 e. The molecule has 33 heavy (non-hydrogen) atoms. The van der Waals surface area contributed by atoms with Crippen LogP contribution in [0.1, 0.15) is 35.3 Å². The number of carbonyl (C=O) groups excluding carboxylic acids is 3. The van der Waals surface area contributed by atoms with Gasteiger partial charge in [-0.2, -0.15) is 5.01 Å². The van der Waals surface area contributed by atoms with Crippen molar-refractivity contribution in [3.63, 3.8) is 0 Å². The van der Waals surface area contributed by atoms with Gasteiger partial charge in [0.15, 0.2) is 10.9 Å². The molecule has 172 valence electrons. The third-order valence-electron chi connectivity index (χ3n) is 4.98. The second-order valence-electron chi connectivity index (χ2n) is 7.25. The van der Waals surface area contributed by atoms with Gasteiger partial charge in [-0.05, 0) is 68.9 Å². The molecular weight excluding hydrogens is 458 g/mol. The van der Waals surface area contributed by atoms with E-state index in [9.17, 15) is 14.4 Å². The molecule has 2 aromatic rings. The van der Waals surface area contributed by atoms with Crippen molar-refractivity contribution >= 4 is 52.1 Å². The number of hydrazine groups is 1. The number of rotatable bonds is 8. The fourth-order valence-electron chi connectivity index (χ4n) is 3.06. The molecule has 0 spiro atoms. The zero-order chi connectivity index (χ0) is 24.0. The van der Waals surface area contributed by atoms with Crippen molar-refractivity contribution in [1.29, 1.82) is 0 Å². The maximum Gasteiger partial charge on any atom is 0.285 e. The maximum absolute atomic E-state index is 12.8. The number of aryl methyl sites for hydroxylation is 1. The molecule has 0 bridgehead atoms. The second kappa shape index (κ2) is 11.1. The fourth-order valence-corrected chi connectivity index (χ4v) is 4.24. The summed E-state index contributed by atoms with van der Waals surface area (Å²) in [5.41, 5.74) is 4.81. The van der Waals surface area contributed by atoms with Crippen LogP contribution in [-0.4, -0.2) is 51.6 Å². The monoisotopic (exact) mass is 483 g/mol. The lowest BCUT2D eigenvalue weighted by molar-refractivity contribution is -0.133. The zero-order valence-corrected chi connectivity index (χ0v) is 20.3. The van der Waals surface area contributed by atoms with Gasteiger partial charge in [-0.15, -0.1) is 0 Å². The first-order chi connectivity index (χ1) is 15.8. The molecule has 0 aliphatic carbocycles. The summed E-state index contributed by atoms with van der Waals surface area (Å²) in [5.74, 6) is -0.310. The molecule has 3 rings (SSSR count). The number of hydrogen-bond donors (Lipinski definition) is 1. The topological polar surface area (TPSA) is 79.0 Å². The molecule has 9 heteroatoms. The van der Waals surface area contributed by atoms with Gasteiger partial charge < -0.3 is 9.64 Å². The summed E-state index contributed by atoms with van der Waals surface area (Å²) in [7, 11) is 0. The average molecular weight is 484 g/mol. The van der Waals surface area contributed by atoms with Crippen LogP contribution in [0.15, 0.2) is 53.4 Å². The first kappa shape index (κ1) is 24.5. The summed E-state index contributed by atoms with van der Waals surface area (Å²) in [6.07, 6.45) is 1.70. The normalized spacial score (nSPS) is 14.5. The highest BCUT2D eigenvalue weighted by molar-refractivity contribution is 8.26. The Morgan fingerprint density at radius 2 is 1.73 bits per heavy atom. The molecule has 0 aromatic heterocycles. The number of amides is 3. The summed E-state index contributed by atoms with van der Waals surface area (Å²) in [6.45, 7) is 7.03. The Kier molecular flexibility index (Phi) is 8.24. The lowest BCUT2D eigenvalue weighted by Crippen LogP contribution is -2.44. The summed E-state index contributed by atoms with van der Waals surface area (Å²) in [6, 6.07) is 14.1. The lowest BCUT2D eigenvalue weighted by Gasteiger charge is -2.18. The van der Waals surface area contributed by atoms with E-state index in [0.29, 0.717) is 29.3 Å².